The van der Waals surface area contributed by atoms with Gasteiger partial charge in [-0.25, -0.2) is 9.97 Å². The standard InChI is InChI=1S/C10H17N3S/c1-3-11-7-9(2)8-14-10-12-5-4-6-13-10/h4-6,9,11H,3,7-8H2,1-2H3. The van der Waals surface area contributed by atoms with E-state index >= 15 is 0 Å². The van der Waals surface area contributed by atoms with E-state index in [0.717, 1.165) is 24.0 Å². The summed E-state index contributed by atoms with van der Waals surface area (Å²) in [6, 6.07) is 1.84. The van der Waals surface area contributed by atoms with Gasteiger partial charge in [-0.2, -0.15) is 0 Å². The molecule has 0 saturated heterocycles. The van der Waals surface area contributed by atoms with Gasteiger partial charge >= 0.3 is 0 Å². The molecule has 1 unspecified atom stereocenters. The van der Waals surface area contributed by atoms with Gasteiger partial charge in [0.1, 0.15) is 0 Å². The van der Waals surface area contributed by atoms with Gasteiger partial charge in [0.15, 0.2) is 5.16 Å². The summed E-state index contributed by atoms with van der Waals surface area (Å²) in [5.41, 5.74) is 0. The summed E-state index contributed by atoms with van der Waals surface area (Å²) < 4.78 is 0. The van der Waals surface area contributed by atoms with Gasteiger partial charge in [0.05, 0.1) is 0 Å². The van der Waals surface area contributed by atoms with Gasteiger partial charge in [0.25, 0.3) is 0 Å². The van der Waals surface area contributed by atoms with E-state index in [1.165, 1.54) is 0 Å². The van der Waals surface area contributed by atoms with Crippen LogP contribution in [0.2, 0.25) is 0 Å². The fraction of sp³-hybridized carbons (Fsp3) is 0.600. The Morgan fingerprint density at radius 1 is 1.43 bits per heavy atom. The molecule has 1 atom stereocenters. The van der Waals surface area contributed by atoms with Crippen LogP contribution in [-0.4, -0.2) is 28.8 Å². The molecular weight excluding hydrogens is 194 g/mol. The maximum absolute atomic E-state index is 4.16. The van der Waals surface area contributed by atoms with Gasteiger partial charge in [-0.3, -0.25) is 0 Å². The number of aromatic nitrogens is 2. The summed E-state index contributed by atoms with van der Waals surface area (Å²) in [4.78, 5) is 8.32. The van der Waals surface area contributed by atoms with Crippen molar-refractivity contribution >= 4 is 11.8 Å². The molecule has 14 heavy (non-hydrogen) atoms. The minimum absolute atomic E-state index is 0.656. The molecule has 1 aromatic rings. The molecule has 0 amide bonds. The lowest BCUT2D eigenvalue weighted by Crippen LogP contribution is -2.21. The lowest BCUT2D eigenvalue weighted by atomic mass is 10.2. The van der Waals surface area contributed by atoms with Gasteiger partial charge in [0.2, 0.25) is 0 Å². The molecule has 0 radical (unpaired) electrons. The van der Waals surface area contributed by atoms with E-state index in [1.54, 1.807) is 24.2 Å². The second kappa shape index (κ2) is 6.79. The van der Waals surface area contributed by atoms with E-state index in [9.17, 15) is 0 Å². The largest absolute Gasteiger partial charge is 0.317 e. The van der Waals surface area contributed by atoms with Crippen LogP contribution in [-0.2, 0) is 0 Å². The lowest BCUT2D eigenvalue weighted by Gasteiger charge is -2.09. The average molecular weight is 211 g/mol. The Balaban J connectivity index is 2.20. The zero-order valence-corrected chi connectivity index (χ0v) is 9.55. The number of nitrogens with zero attached hydrogens (tertiary/aromatic N) is 2. The zero-order chi connectivity index (χ0) is 10.2. The van der Waals surface area contributed by atoms with Crippen molar-refractivity contribution in [2.45, 2.75) is 19.0 Å². The van der Waals surface area contributed by atoms with E-state index in [0.29, 0.717) is 5.92 Å². The monoisotopic (exact) mass is 211 g/mol. The zero-order valence-electron chi connectivity index (χ0n) is 8.73. The van der Waals surface area contributed by atoms with Gasteiger partial charge < -0.3 is 5.32 Å². The van der Waals surface area contributed by atoms with Crippen LogP contribution in [0.15, 0.2) is 23.6 Å². The van der Waals surface area contributed by atoms with Crippen LogP contribution in [0.4, 0.5) is 0 Å². The fourth-order valence-corrected chi connectivity index (χ4v) is 1.85. The fourth-order valence-electron chi connectivity index (χ4n) is 1.03. The van der Waals surface area contributed by atoms with Crippen molar-refractivity contribution in [2.75, 3.05) is 18.8 Å². The number of rotatable bonds is 6. The van der Waals surface area contributed by atoms with Gasteiger partial charge in [0, 0.05) is 18.1 Å². The van der Waals surface area contributed by atoms with Crippen molar-refractivity contribution in [1.82, 2.24) is 15.3 Å². The normalized spacial score (nSPS) is 12.7. The number of hydrogen-bond donors (Lipinski definition) is 1. The number of nitrogens with one attached hydrogen (secondary N) is 1. The Kier molecular flexibility index (Phi) is 5.56. The summed E-state index contributed by atoms with van der Waals surface area (Å²) in [7, 11) is 0. The van der Waals surface area contributed by atoms with Crippen molar-refractivity contribution in [3.05, 3.63) is 18.5 Å². The molecule has 0 aromatic carbocycles. The molecule has 0 bridgehead atoms. The maximum Gasteiger partial charge on any atom is 0.187 e. The highest BCUT2D eigenvalue weighted by Crippen LogP contribution is 2.14. The molecule has 4 heteroatoms. The maximum atomic E-state index is 4.16. The highest BCUT2D eigenvalue weighted by atomic mass is 32.2. The van der Waals surface area contributed by atoms with Crippen LogP contribution < -0.4 is 5.32 Å². The Labute approximate surface area is 89.7 Å². The molecule has 0 aliphatic rings. The predicted octanol–water partition coefficient (Wildman–Crippen LogP) is 1.81. The predicted molar refractivity (Wildman–Crippen MR) is 60.5 cm³/mol. The number of thioether (sulfide) groups is 1. The van der Waals surface area contributed by atoms with Crippen molar-refractivity contribution in [1.29, 1.82) is 0 Å². The first-order valence-corrected chi connectivity index (χ1v) is 5.92. The van der Waals surface area contributed by atoms with Crippen LogP contribution in [0.5, 0.6) is 0 Å². The Hall–Kier alpha value is -0.610. The van der Waals surface area contributed by atoms with Crippen molar-refractivity contribution in [2.24, 2.45) is 5.92 Å². The molecule has 1 aromatic heterocycles. The third-order valence-electron chi connectivity index (χ3n) is 1.78. The minimum atomic E-state index is 0.656. The summed E-state index contributed by atoms with van der Waals surface area (Å²) >= 11 is 1.72. The Morgan fingerprint density at radius 2 is 2.14 bits per heavy atom. The number of hydrogen-bond acceptors (Lipinski definition) is 4. The van der Waals surface area contributed by atoms with Crippen LogP contribution in [0, 0.1) is 5.92 Å². The van der Waals surface area contributed by atoms with E-state index in [-0.39, 0.29) is 0 Å². The molecule has 0 aliphatic carbocycles. The Bertz CT molecular complexity index is 240. The van der Waals surface area contributed by atoms with E-state index in [1.807, 2.05) is 6.07 Å². The van der Waals surface area contributed by atoms with E-state index in [2.05, 4.69) is 29.1 Å². The topological polar surface area (TPSA) is 37.8 Å². The average Bonchev–Trinajstić information content (AvgIpc) is 2.25. The van der Waals surface area contributed by atoms with Crippen molar-refractivity contribution in [3.8, 4) is 0 Å². The molecular formula is C10H17N3S. The van der Waals surface area contributed by atoms with E-state index in [4.69, 9.17) is 0 Å². The molecule has 3 nitrogen and oxygen atoms in total. The minimum Gasteiger partial charge on any atom is -0.317 e. The lowest BCUT2D eigenvalue weighted by molar-refractivity contribution is 0.573. The molecule has 1 N–H and O–H groups in total. The van der Waals surface area contributed by atoms with Gasteiger partial charge in [-0.05, 0) is 25.1 Å². The second-order valence-corrected chi connectivity index (χ2v) is 4.24. The molecule has 1 rings (SSSR count). The van der Waals surface area contributed by atoms with Crippen molar-refractivity contribution in [3.63, 3.8) is 0 Å². The summed E-state index contributed by atoms with van der Waals surface area (Å²) in [5, 5.41) is 4.20. The SMILES string of the molecule is CCNCC(C)CSc1ncccn1. The third-order valence-corrected chi connectivity index (χ3v) is 2.99. The molecule has 0 spiro atoms. The van der Waals surface area contributed by atoms with Crippen LogP contribution >= 0.6 is 11.8 Å². The summed E-state index contributed by atoms with van der Waals surface area (Å²) in [6.07, 6.45) is 3.56. The molecule has 0 fully saturated rings. The summed E-state index contributed by atoms with van der Waals surface area (Å²) in [6.45, 7) is 6.46. The van der Waals surface area contributed by atoms with Crippen LogP contribution in [0.1, 0.15) is 13.8 Å². The first-order chi connectivity index (χ1) is 6.83. The molecule has 0 saturated carbocycles. The van der Waals surface area contributed by atoms with E-state index < -0.39 is 0 Å². The Morgan fingerprint density at radius 3 is 2.79 bits per heavy atom. The molecule has 78 valence electrons. The van der Waals surface area contributed by atoms with Crippen molar-refractivity contribution < 1.29 is 0 Å². The molecule has 1 heterocycles. The first kappa shape index (κ1) is 11.5. The summed E-state index contributed by atoms with van der Waals surface area (Å²) in [5.74, 6) is 1.72. The molecule has 0 aliphatic heterocycles. The first-order valence-electron chi connectivity index (χ1n) is 4.93. The van der Waals surface area contributed by atoms with Gasteiger partial charge in [-0.15, -0.1) is 0 Å². The van der Waals surface area contributed by atoms with Crippen LogP contribution in [0.3, 0.4) is 0 Å². The van der Waals surface area contributed by atoms with Gasteiger partial charge in [-0.1, -0.05) is 25.6 Å². The smallest absolute Gasteiger partial charge is 0.187 e. The quantitative estimate of drug-likeness (QED) is 0.575. The third kappa shape index (κ3) is 4.58. The van der Waals surface area contributed by atoms with Crippen LogP contribution in [0.25, 0.3) is 0 Å². The highest BCUT2D eigenvalue weighted by Gasteiger charge is 2.03. The highest BCUT2D eigenvalue weighted by molar-refractivity contribution is 7.99. The second-order valence-electron chi connectivity index (χ2n) is 3.26.